The van der Waals surface area contributed by atoms with E-state index in [0.717, 1.165) is 22.3 Å². The fourth-order valence-electron chi connectivity index (χ4n) is 3.67. The highest BCUT2D eigenvalue weighted by Gasteiger charge is 2.30. The highest BCUT2D eigenvalue weighted by atomic mass is 79.9. The van der Waals surface area contributed by atoms with Crippen LogP contribution in [0.25, 0.3) is 11.1 Å². The van der Waals surface area contributed by atoms with Crippen LogP contribution in [0.2, 0.25) is 0 Å². The Labute approximate surface area is 190 Å². The number of alkyl halides is 1. The molecule has 2 aromatic carbocycles. The summed E-state index contributed by atoms with van der Waals surface area (Å²) in [6.07, 6.45) is -1.00. The van der Waals surface area contributed by atoms with Crippen LogP contribution in [0.5, 0.6) is 0 Å². The normalized spacial score (nSPS) is 13.7. The van der Waals surface area contributed by atoms with Crippen molar-refractivity contribution in [2.24, 2.45) is 0 Å². The van der Waals surface area contributed by atoms with Gasteiger partial charge in [0.15, 0.2) is 5.78 Å². The Bertz CT molecular complexity index is 936. The van der Waals surface area contributed by atoms with Crippen LogP contribution in [-0.4, -0.2) is 41.4 Å². The number of alkyl carbamates (subject to hydrolysis) is 1. The first kappa shape index (κ1) is 23.0. The Hall–Kier alpha value is -2.67. The van der Waals surface area contributed by atoms with Gasteiger partial charge >= 0.3 is 12.1 Å². The summed E-state index contributed by atoms with van der Waals surface area (Å²) in [5, 5.41) is 2.52. The van der Waals surface area contributed by atoms with Crippen molar-refractivity contribution in [1.29, 1.82) is 0 Å². The highest BCUT2D eigenvalue weighted by molar-refractivity contribution is 9.09. The number of rotatable bonds is 7. The van der Waals surface area contributed by atoms with E-state index in [1.165, 1.54) is 0 Å². The number of carbonyl (C=O) groups is 3. The van der Waals surface area contributed by atoms with Crippen LogP contribution in [0.4, 0.5) is 4.79 Å². The van der Waals surface area contributed by atoms with Crippen LogP contribution >= 0.6 is 15.9 Å². The molecule has 0 aliphatic heterocycles. The first-order valence-electron chi connectivity index (χ1n) is 10.1. The van der Waals surface area contributed by atoms with Gasteiger partial charge in [-0.1, -0.05) is 64.5 Å². The van der Waals surface area contributed by atoms with E-state index in [0.29, 0.717) is 0 Å². The molecule has 1 amide bonds. The van der Waals surface area contributed by atoms with Gasteiger partial charge in [-0.15, -0.1) is 0 Å². The van der Waals surface area contributed by atoms with E-state index in [9.17, 15) is 14.4 Å². The molecule has 7 heteroatoms. The van der Waals surface area contributed by atoms with Gasteiger partial charge in [0.1, 0.15) is 18.2 Å². The molecule has 0 radical (unpaired) electrons. The molecule has 0 unspecified atom stereocenters. The summed E-state index contributed by atoms with van der Waals surface area (Å²) in [6, 6.07) is 15.0. The van der Waals surface area contributed by atoms with Crippen LogP contribution < -0.4 is 5.32 Å². The molecule has 1 aliphatic carbocycles. The number of halogens is 1. The van der Waals surface area contributed by atoms with Crippen molar-refractivity contribution in [1.82, 2.24) is 5.32 Å². The fraction of sp³-hybridized carbons (Fsp3) is 0.375. The molecule has 1 atom stereocenters. The average molecular weight is 488 g/mol. The number of hydrogen-bond acceptors (Lipinski definition) is 5. The van der Waals surface area contributed by atoms with Crippen molar-refractivity contribution in [2.75, 3.05) is 11.9 Å². The van der Waals surface area contributed by atoms with Crippen LogP contribution in [0, 0.1) is 0 Å². The van der Waals surface area contributed by atoms with Gasteiger partial charge in [-0.2, -0.15) is 0 Å². The molecule has 0 fully saturated rings. The van der Waals surface area contributed by atoms with Gasteiger partial charge in [0, 0.05) is 5.92 Å². The predicted molar refractivity (Wildman–Crippen MR) is 121 cm³/mol. The van der Waals surface area contributed by atoms with Crippen LogP contribution in [0.15, 0.2) is 48.5 Å². The van der Waals surface area contributed by atoms with Gasteiger partial charge in [0.05, 0.1) is 11.8 Å². The molecule has 0 spiro atoms. The van der Waals surface area contributed by atoms with Crippen molar-refractivity contribution in [2.45, 2.75) is 44.8 Å². The SMILES string of the molecule is CC(C)(C)OC(=O)C[C@H](NC(=O)OCC1c2ccccc2-c2ccccc21)C(=O)CBr. The molecule has 0 saturated carbocycles. The molecule has 1 N–H and O–H groups in total. The highest BCUT2D eigenvalue weighted by Crippen LogP contribution is 2.44. The number of nitrogens with one attached hydrogen (secondary N) is 1. The Balaban J connectivity index is 1.65. The van der Waals surface area contributed by atoms with E-state index in [1.54, 1.807) is 20.8 Å². The minimum Gasteiger partial charge on any atom is -0.460 e. The quantitative estimate of drug-likeness (QED) is 0.456. The maximum absolute atomic E-state index is 12.5. The zero-order valence-electron chi connectivity index (χ0n) is 17.8. The summed E-state index contributed by atoms with van der Waals surface area (Å²) in [5.74, 6) is -0.987. The smallest absolute Gasteiger partial charge is 0.407 e. The molecule has 164 valence electrons. The number of fused-ring (bicyclic) bond motifs is 3. The summed E-state index contributed by atoms with van der Waals surface area (Å²) in [6.45, 7) is 5.35. The topological polar surface area (TPSA) is 81.7 Å². The van der Waals surface area contributed by atoms with Crippen LogP contribution in [-0.2, 0) is 19.1 Å². The lowest BCUT2D eigenvalue weighted by atomic mass is 9.98. The summed E-state index contributed by atoms with van der Waals surface area (Å²) in [4.78, 5) is 36.8. The summed E-state index contributed by atoms with van der Waals surface area (Å²) < 4.78 is 10.7. The van der Waals surface area contributed by atoms with Crippen molar-refractivity contribution in [3.05, 3.63) is 59.7 Å². The second-order valence-electron chi connectivity index (χ2n) is 8.41. The first-order chi connectivity index (χ1) is 14.7. The van der Waals surface area contributed by atoms with Gasteiger partial charge in [-0.25, -0.2) is 4.79 Å². The third kappa shape index (κ3) is 5.73. The van der Waals surface area contributed by atoms with Crippen molar-refractivity contribution in [3.8, 4) is 11.1 Å². The van der Waals surface area contributed by atoms with E-state index in [2.05, 4.69) is 33.4 Å². The molecule has 2 aromatic rings. The molecular formula is C24H26BrNO5. The monoisotopic (exact) mass is 487 g/mol. The number of amides is 1. The molecule has 0 heterocycles. The maximum atomic E-state index is 12.5. The minimum absolute atomic E-state index is 0.00409. The number of ether oxygens (including phenoxy) is 2. The van der Waals surface area contributed by atoms with Gasteiger partial charge in [-0.05, 0) is 43.0 Å². The predicted octanol–water partition coefficient (Wildman–Crippen LogP) is 4.59. The van der Waals surface area contributed by atoms with Gasteiger partial charge in [0.2, 0.25) is 0 Å². The molecule has 0 aromatic heterocycles. The summed E-state index contributed by atoms with van der Waals surface area (Å²) in [7, 11) is 0. The number of ketones is 1. The van der Waals surface area contributed by atoms with Crippen molar-refractivity contribution < 1.29 is 23.9 Å². The van der Waals surface area contributed by atoms with Crippen LogP contribution in [0.3, 0.4) is 0 Å². The lowest BCUT2D eigenvalue weighted by Crippen LogP contribution is -2.44. The second-order valence-corrected chi connectivity index (χ2v) is 8.97. The van der Waals surface area contributed by atoms with E-state index in [1.807, 2.05) is 36.4 Å². The Kier molecular flexibility index (Phi) is 7.15. The number of benzene rings is 2. The standard InChI is InChI=1S/C24H26BrNO5/c1-24(2,3)31-22(28)12-20(21(27)13-25)26-23(29)30-14-19-17-10-6-4-8-15(17)16-9-5-7-11-18(16)19/h4-11,19-20H,12-14H2,1-3H3,(H,26,29)/t20-/m0/s1. The minimum atomic E-state index is -1.02. The fourth-order valence-corrected chi connectivity index (χ4v) is 4.06. The van der Waals surface area contributed by atoms with E-state index >= 15 is 0 Å². The summed E-state index contributed by atoms with van der Waals surface area (Å²) in [5.41, 5.74) is 3.77. The average Bonchev–Trinajstić information content (AvgIpc) is 3.03. The second kappa shape index (κ2) is 9.64. The zero-order valence-corrected chi connectivity index (χ0v) is 19.4. The molecule has 3 rings (SSSR count). The number of hydrogen-bond donors (Lipinski definition) is 1. The van der Waals surface area contributed by atoms with Gasteiger partial charge < -0.3 is 14.8 Å². The number of Topliss-reactive ketones (excluding diaryl/α,β-unsaturated/α-hetero) is 1. The lowest BCUT2D eigenvalue weighted by molar-refractivity contribution is -0.156. The molecule has 6 nitrogen and oxygen atoms in total. The summed E-state index contributed by atoms with van der Waals surface area (Å²) >= 11 is 3.09. The molecular weight excluding hydrogens is 462 g/mol. The van der Waals surface area contributed by atoms with Gasteiger partial charge in [-0.3, -0.25) is 9.59 Å². The molecule has 31 heavy (non-hydrogen) atoms. The Morgan fingerprint density at radius 1 is 1.00 bits per heavy atom. The zero-order chi connectivity index (χ0) is 22.6. The van der Waals surface area contributed by atoms with E-state index in [4.69, 9.17) is 9.47 Å². The first-order valence-corrected chi connectivity index (χ1v) is 11.2. The van der Waals surface area contributed by atoms with E-state index in [-0.39, 0.29) is 30.1 Å². The van der Waals surface area contributed by atoms with Crippen molar-refractivity contribution >= 4 is 33.8 Å². The third-order valence-electron chi connectivity index (χ3n) is 4.95. The number of esters is 1. The van der Waals surface area contributed by atoms with Crippen LogP contribution in [0.1, 0.15) is 44.2 Å². The Morgan fingerprint density at radius 2 is 1.55 bits per heavy atom. The largest absolute Gasteiger partial charge is 0.460 e. The molecule has 0 saturated heterocycles. The van der Waals surface area contributed by atoms with Gasteiger partial charge in [0.25, 0.3) is 0 Å². The number of carbonyl (C=O) groups excluding carboxylic acids is 3. The van der Waals surface area contributed by atoms with E-state index < -0.39 is 23.7 Å². The maximum Gasteiger partial charge on any atom is 0.407 e. The molecule has 0 bridgehead atoms. The third-order valence-corrected chi connectivity index (χ3v) is 5.50. The molecule has 1 aliphatic rings. The Morgan fingerprint density at radius 3 is 2.06 bits per heavy atom. The lowest BCUT2D eigenvalue weighted by Gasteiger charge is -2.22. The van der Waals surface area contributed by atoms with Crippen molar-refractivity contribution in [3.63, 3.8) is 0 Å².